The molecule has 0 fully saturated rings. The number of thiocarbonyl (C=S) groups is 1. The maximum absolute atomic E-state index is 13.8. The maximum Gasteiger partial charge on any atom is 0.150 e. The summed E-state index contributed by atoms with van der Waals surface area (Å²) in [4.78, 5) is 0.107. The second-order valence-electron chi connectivity index (χ2n) is 4.17. The van der Waals surface area contributed by atoms with E-state index >= 15 is 0 Å². The molecule has 0 spiro atoms. The smallest absolute Gasteiger partial charge is 0.150 e. The Morgan fingerprint density at radius 2 is 1.95 bits per heavy atom. The monoisotopic (exact) mass is 360 g/mol. The zero-order valence-electron chi connectivity index (χ0n) is 10.7. The lowest BCUT2D eigenvalue weighted by molar-refractivity contribution is 0.588. The van der Waals surface area contributed by atoms with Gasteiger partial charge in [-0.15, -0.1) is 0 Å². The van der Waals surface area contributed by atoms with Crippen LogP contribution in [0.15, 0.2) is 16.6 Å². The summed E-state index contributed by atoms with van der Waals surface area (Å²) in [6.45, 7) is 1.72. The molecule has 1 heterocycles. The van der Waals surface area contributed by atoms with Gasteiger partial charge in [0.1, 0.15) is 16.5 Å². The van der Waals surface area contributed by atoms with Gasteiger partial charge in [-0.25, -0.2) is 8.78 Å². The van der Waals surface area contributed by atoms with Crippen LogP contribution in [0.5, 0.6) is 0 Å². The van der Waals surface area contributed by atoms with Crippen LogP contribution in [-0.4, -0.2) is 14.8 Å². The van der Waals surface area contributed by atoms with Crippen molar-refractivity contribution in [2.24, 2.45) is 12.8 Å². The third-order valence-corrected chi connectivity index (χ3v) is 3.38. The molecule has 0 aliphatic rings. The number of halogens is 3. The molecule has 4 nitrogen and oxygen atoms in total. The molecule has 3 N–H and O–H groups in total. The van der Waals surface area contributed by atoms with E-state index in [-0.39, 0.29) is 10.7 Å². The SMILES string of the molecule is Cc1nn(C)c(Nc2c(F)cc(Br)cc2F)c1C(N)=S. The maximum atomic E-state index is 13.8. The Morgan fingerprint density at radius 1 is 1.40 bits per heavy atom. The second-order valence-corrected chi connectivity index (χ2v) is 5.52. The first kappa shape index (κ1) is 14.9. The standard InChI is InChI=1S/C12H11BrF2N4S/c1-5-9(11(16)20)12(19(2)18-5)17-10-7(14)3-6(13)4-8(10)15/h3-4,17H,1-2H3,(H2,16,20). The largest absolute Gasteiger partial charge is 0.389 e. The molecule has 0 radical (unpaired) electrons. The third-order valence-electron chi connectivity index (χ3n) is 2.72. The molecule has 0 aliphatic carbocycles. The average molecular weight is 361 g/mol. The van der Waals surface area contributed by atoms with Crippen LogP contribution in [0.25, 0.3) is 0 Å². The van der Waals surface area contributed by atoms with Gasteiger partial charge in [0.25, 0.3) is 0 Å². The number of aryl methyl sites for hydroxylation is 2. The molecule has 106 valence electrons. The number of hydrogen-bond acceptors (Lipinski definition) is 3. The van der Waals surface area contributed by atoms with Gasteiger partial charge in [0.05, 0.1) is 11.3 Å². The summed E-state index contributed by atoms with van der Waals surface area (Å²) < 4.78 is 29.4. The van der Waals surface area contributed by atoms with Gasteiger partial charge < -0.3 is 11.1 Å². The van der Waals surface area contributed by atoms with Gasteiger partial charge in [-0.2, -0.15) is 5.10 Å². The van der Waals surface area contributed by atoms with Crippen LogP contribution in [0.1, 0.15) is 11.3 Å². The fraction of sp³-hybridized carbons (Fsp3) is 0.167. The van der Waals surface area contributed by atoms with Gasteiger partial charge in [-0.1, -0.05) is 28.1 Å². The second kappa shape index (κ2) is 5.45. The molecule has 20 heavy (non-hydrogen) atoms. The van der Waals surface area contributed by atoms with Gasteiger partial charge in [0, 0.05) is 11.5 Å². The molecule has 0 unspecified atom stereocenters. The van der Waals surface area contributed by atoms with E-state index < -0.39 is 11.6 Å². The lowest BCUT2D eigenvalue weighted by Crippen LogP contribution is -2.13. The molecule has 0 bridgehead atoms. The summed E-state index contributed by atoms with van der Waals surface area (Å²) in [7, 11) is 1.63. The van der Waals surface area contributed by atoms with E-state index in [1.165, 1.54) is 4.68 Å². The number of aromatic nitrogens is 2. The zero-order valence-corrected chi connectivity index (χ0v) is 13.1. The lowest BCUT2D eigenvalue weighted by atomic mass is 10.2. The molecule has 0 aliphatic heterocycles. The first-order valence-electron chi connectivity index (χ1n) is 5.56. The van der Waals surface area contributed by atoms with Crippen molar-refractivity contribution < 1.29 is 8.78 Å². The lowest BCUT2D eigenvalue weighted by Gasteiger charge is -2.11. The van der Waals surface area contributed by atoms with E-state index in [1.807, 2.05) is 0 Å². The van der Waals surface area contributed by atoms with Gasteiger partial charge in [0.2, 0.25) is 0 Å². The third kappa shape index (κ3) is 2.66. The summed E-state index contributed by atoms with van der Waals surface area (Å²) >= 11 is 7.97. The number of rotatable bonds is 3. The number of hydrogen-bond donors (Lipinski definition) is 2. The predicted octanol–water partition coefficient (Wildman–Crippen LogP) is 3.15. The Bertz CT molecular complexity index is 676. The Morgan fingerprint density at radius 3 is 2.45 bits per heavy atom. The van der Waals surface area contributed by atoms with E-state index in [2.05, 4.69) is 26.3 Å². The molecule has 0 amide bonds. The Hall–Kier alpha value is -1.54. The van der Waals surface area contributed by atoms with Gasteiger partial charge in [-0.3, -0.25) is 4.68 Å². The van der Waals surface area contributed by atoms with Crippen molar-refractivity contribution in [3.63, 3.8) is 0 Å². The summed E-state index contributed by atoms with van der Waals surface area (Å²) in [5, 5.41) is 6.81. The Kier molecular flexibility index (Phi) is 4.05. The fourth-order valence-corrected chi connectivity index (χ4v) is 2.52. The quantitative estimate of drug-likeness (QED) is 0.825. The number of nitrogens with one attached hydrogen (secondary N) is 1. The normalized spacial score (nSPS) is 10.7. The van der Waals surface area contributed by atoms with Crippen molar-refractivity contribution in [3.8, 4) is 0 Å². The van der Waals surface area contributed by atoms with Gasteiger partial charge in [-0.05, 0) is 19.1 Å². The van der Waals surface area contributed by atoms with Crippen LogP contribution in [0.4, 0.5) is 20.3 Å². The van der Waals surface area contributed by atoms with Crippen LogP contribution in [0.2, 0.25) is 0 Å². The molecular formula is C12H11BrF2N4S. The van der Waals surface area contributed by atoms with E-state index in [9.17, 15) is 8.78 Å². The number of nitrogens with zero attached hydrogens (tertiary/aromatic N) is 2. The number of nitrogens with two attached hydrogens (primary N) is 1. The molecule has 2 rings (SSSR count). The summed E-state index contributed by atoms with van der Waals surface area (Å²) in [5.41, 5.74) is 6.39. The van der Waals surface area contributed by atoms with E-state index in [0.717, 1.165) is 12.1 Å². The summed E-state index contributed by atoms with van der Waals surface area (Å²) in [6, 6.07) is 2.32. The number of benzene rings is 1. The summed E-state index contributed by atoms with van der Waals surface area (Å²) in [5.74, 6) is -1.12. The minimum Gasteiger partial charge on any atom is -0.389 e. The highest BCUT2D eigenvalue weighted by Crippen LogP contribution is 2.29. The van der Waals surface area contributed by atoms with Crippen LogP contribution >= 0.6 is 28.1 Å². The molecule has 1 aromatic heterocycles. The topological polar surface area (TPSA) is 55.9 Å². The highest BCUT2D eigenvalue weighted by atomic mass is 79.9. The molecule has 0 saturated carbocycles. The first-order chi connectivity index (χ1) is 9.31. The van der Waals surface area contributed by atoms with Crippen molar-refractivity contribution in [3.05, 3.63) is 39.5 Å². The highest BCUT2D eigenvalue weighted by molar-refractivity contribution is 9.10. The van der Waals surface area contributed by atoms with Crippen LogP contribution in [0.3, 0.4) is 0 Å². The van der Waals surface area contributed by atoms with E-state index in [4.69, 9.17) is 18.0 Å². The van der Waals surface area contributed by atoms with Crippen LogP contribution < -0.4 is 11.1 Å². The molecule has 2 aromatic rings. The van der Waals surface area contributed by atoms with Crippen molar-refractivity contribution in [2.75, 3.05) is 5.32 Å². The molecular weight excluding hydrogens is 350 g/mol. The van der Waals surface area contributed by atoms with Crippen molar-refractivity contribution in [1.29, 1.82) is 0 Å². The minimum absolute atomic E-state index is 0.107. The van der Waals surface area contributed by atoms with Crippen LogP contribution in [-0.2, 0) is 7.05 Å². The van der Waals surface area contributed by atoms with E-state index in [0.29, 0.717) is 21.5 Å². The molecule has 0 saturated heterocycles. The Labute approximate surface area is 128 Å². The predicted molar refractivity (Wildman–Crippen MR) is 81.2 cm³/mol. The zero-order chi connectivity index (χ0) is 15.0. The molecule has 0 atom stereocenters. The first-order valence-corrected chi connectivity index (χ1v) is 6.76. The van der Waals surface area contributed by atoms with Crippen molar-refractivity contribution in [1.82, 2.24) is 9.78 Å². The van der Waals surface area contributed by atoms with Gasteiger partial charge >= 0.3 is 0 Å². The fourth-order valence-electron chi connectivity index (χ4n) is 1.88. The Balaban J connectivity index is 2.54. The van der Waals surface area contributed by atoms with E-state index in [1.54, 1.807) is 14.0 Å². The molecule has 1 aromatic carbocycles. The minimum atomic E-state index is -0.732. The van der Waals surface area contributed by atoms with Gasteiger partial charge in [0.15, 0.2) is 11.6 Å². The van der Waals surface area contributed by atoms with Crippen molar-refractivity contribution >= 4 is 44.6 Å². The summed E-state index contributed by atoms with van der Waals surface area (Å²) in [6.07, 6.45) is 0. The highest BCUT2D eigenvalue weighted by Gasteiger charge is 2.19. The van der Waals surface area contributed by atoms with Crippen LogP contribution in [0, 0.1) is 18.6 Å². The number of anilines is 2. The molecule has 8 heteroatoms. The average Bonchev–Trinajstić information content (AvgIpc) is 2.58. The van der Waals surface area contributed by atoms with Crippen molar-refractivity contribution in [2.45, 2.75) is 6.92 Å².